The Balaban J connectivity index is 1.90. The summed E-state index contributed by atoms with van der Waals surface area (Å²) in [5.74, 6) is 0.222. The molecule has 0 spiro atoms. The van der Waals surface area contributed by atoms with Crippen molar-refractivity contribution in [3.05, 3.63) is 94.0 Å². The summed E-state index contributed by atoms with van der Waals surface area (Å²) in [4.78, 5) is 25.4. The number of halogens is 1. The fourth-order valence-corrected chi connectivity index (χ4v) is 2.86. The minimum atomic E-state index is -0.298. The number of carbonyl (C=O) groups is 2. The number of hydrogen-bond acceptors (Lipinski definition) is 3. The van der Waals surface area contributed by atoms with E-state index in [0.717, 1.165) is 4.47 Å². The predicted molar refractivity (Wildman–Crippen MR) is 105 cm³/mol. The molecule has 0 aromatic heterocycles. The van der Waals surface area contributed by atoms with Gasteiger partial charge in [0.1, 0.15) is 5.75 Å². The molecule has 130 valence electrons. The summed E-state index contributed by atoms with van der Waals surface area (Å²) in [6.07, 6.45) is 0. The van der Waals surface area contributed by atoms with Gasteiger partial charge in [0.05, 0.1) is 12.8 Å². The van der Waals surface area contributed by atoms with Gasteiger partial charge in [-0.1, -0.05) is 46.3 Å². The molecule has 4 nitrogen and oxygen atoms in total. The molecule has 1 N–H and O–H groups in total. The number of amides is 1. The van der Waals surface area contributed by atoms with E-state index in [9.17, 15) is 9.59 Å². The zero-order valence-corrected chi connectivity index (χ0v) is 15.6. The zero-order valence-electron chi connectivity index (χ0n) is 14.0. The number of nitrogens with one attached hydrogen (secondary N) is 1. The van der Waals surface area contributed by atoms with Gasteiger partial charge in [-0.3, -0.25) is 9.59 Å². The first-order chi connectivity index (χ1) is 12.6. The van der Waals surface area contributed by atoms with Gasteiger partial charge in [-0.25, -0.2) is 0 Å². The lowest BCUT2D eigenvalue weighted by molar-refractivity contribution is 0.102. The highest BCUT2D eigenvalue weighted by molar-refractivity contribution is 9.10. The summed E-state index contributed by atoms with van der Waals surface area (Å²) in [6.45, 7) is 0. The van der Waals surface area contributed by atoms with Crippen LogP contribution < -0.4 is 10.1 Å². The lowest BCUT2D eigenvalue weighted by atomic mass is 10.0. The van der Waals surface area contributed by atoms with Crippen LogP contribution in [0.3, 0.4) is 0 Å². The predicted octanol–water partition coefficient (Wildman–Crippen LogP) is 4.94. The molecule has 0 fully saturated rings. The molecule has 0 saturated heterocycles. The molecule has 0 radical (unpaired) electrons. The molecule has 26 heavy (non-hydrogen) atoms. The molecule has 0 heterocycles. The molecule has 0 saturated carbocycles. The molecule has 1 amide bonds. The van der Waals surface area contributed by atoms with Gasteiger partial charge in [-0.05, 0) is 42.5 Å². The van der Waals surface area contributed by atoms with Crippen molar-refractivity contribution in [2.24, 2.45) is 0 Å². The quantitative estimate of drug-likeness (QED) is 0.607. The van der Waals surface area contributed by atoms with Gasteiger partial charge >= 0.3 is 0 Å². The van der Waals surface area contributed by atoms with Crippen LogP contribution in [0.4, 0.5) is 5.69 Å². The Morgan fingerprint density at radius 2 is 1.58 bits per heavy atom. The Morgan fingerprint density at radius 1 is 0.885 bits per heavy atom. The van der Waals surface area contributed by atoms with Crippen molar-refractivity contribution in [3.63, 3.8) is 0 Å². The van der Waals surface area contributed by atoms with Crippen LogP contribution in [-0.2, 0) is 0 Å². The van der Waals surface area contributed by atoms with Crippen LogP contribution in [0.5, 0.6) is 5.75 Å². The topological polar surface area (TPSA) is 55.4 Å². The first-order valence-corrected chi connectivity index (χ1v) is 8.72. The number of carbonyl (C=O) groups excluding carboxylic acids is 2. The fourth-order valence-electron chi connectivity index (χ4n) is 2.50. The molecule has 0 aliphatic rings. The van der Waals surface area contributed by atoms with Crippen LogP contribution >= 0.6 is 15.9 Å². The second-order valence-corrected chi connectivity index (χ2v) is 6.48. The lowest BCUT2D eigenvalue weighted by Crippen LogP contribution is -2.15. The summed E-state index contributed by atoms with van der Waals surface area (Å²) < 4.78 is 5.87. The number of ketones is 1. The molecular formula is C21H16BrNO3. The lowest BCUT2D eigenvalue weighted by Gasteiger charge is -2.12. The molecule has 0 aliphatic carbocycles. The van der Waals surface area contributed by atoms with E-state index < -0.39 is 0 Å². The number of benzene rings is 3. The maximum atomic E-state index is 12.8. The SMILES string of the molecule is COc1ccc(C(=O)Nc2cc(Br)ccc2C(=O)c2ccccc2)cc1. The second-order valence-electron chi connectivity index (χ2n) is 5.57. The van der Waals surface area contributed by atoms with Crippen molar-refractivity contribution in [3.8, 4) is 5.75 Å². The minimum Gasteiger partial charge on any atom is -0.497 e. The average Bonchev–Trinajstić information content (AvgIpc) is 2.68. The second kappa shape index (κ2) is 7.97. The van der Waals surface area contributed by atoms with Crippen molar-refractivity contribution >= 4 is 33.3 Å². The van der Waals surface area contributed by atoms with Crippen molar-refractivity contribution in [1.29, 1.82) is 0 Å². The van der Waals surface area contributed by atoms with Crippen molar-refractivity contribution < 1.29 is 14.3 Å². The Labute approximate surface area is 159 Å². The van der Waals surface area contributed by atoms with E-state index in [0.29, 0.717) is 28.1 Å². The van der Waals surface area contributed by atoms with E-state index in [1.54, 1.807) is 61.7 Å². The van der Waals surface area contributed by atoms with E-state index in [4.69, 9.17) is 4.74 Å². The summed E-state index contributed by atoms with van der Waals surface area (Å²) >= 11 is 3.39. The minimum absolute atomic E-state index is 0.150. The number of anilines is 1. The van der Waals surface area contributed by atoms with E-state index in [1.807, 2.05) is 18.2 Å². The summed E-state index contributed by atoms with van der Waals surface area (Å²) in [6, 6.07) is 20.9. The van der Waals surface area contributed by atoms with Crippen LogP contribution in [-0.4, -0.2) is 18.8 Å². The van der Waals surface area contributed by atoms with Crippen LogP contribution in [0.1, 0.15) is 26.3 Å². The van der Waals surface area contributed by atoms with Crippen LogP contribution in [0.25, 0.3) is 0 Å². The third-order valence-corrected chi connectivity index (χ3v) is 4.36. The molecular weight excluding hydrogens is 394 g/mol. The summed E-state index contributed by atoms with van der Waals surface area (Å²) in [5.41, 5.74) is 1.92. The van der Waals surface area contributed by atoms with Gasteiger partial charge in [-0.15, -0.1) is 0 Å². The number of hydrogen-bond donors (Lipinski definition) is 1. The molecule has 3 aromatic rings. The highest BCUT2D eigenvalue weighted by Gasteiger charge is 2.16. The molecule has 0 aliphatic heterocycles. The molecule has 0 atom stereocenters. The highest BCUT2D eigenvalue weighted by atomic mass is 79.9. The normalized spacial score (nSPS) is 10.2. The van der Waals surface area contributed by atoms with Crippen LogP contribution in [0, 0.1) is 0 Å². The van der Waals surface area contributed by atoms with Crippen LogP contribution in [0.2, 0.25) is 0 Å². The van der Waals surface area contributed by atoms with Gasteiger partial charge < -0.3 is 10.1 Å². The van der Waals surface area contributed by atoms with E-state index in [2.05, 4.69) is 21.2 Å². The largest absolute Gasteiger partial charge is 0.497 e. The standard InChI is InChI=1S/C21H16BrNO3/c1-26-17-10-7-15(8-11-17)21(25)23-19-13-16(22)9-12-18(19)20(24)14-5-3-2-4-6-14/h2-13H,1H3,(H,23,25). The van der Waals surface area contributed by atoms with Gasteiger partial charge in [0, 0.05) is 21.2 Å². The van der Waals surface area contributed by atoms with Gasteiger partial charge in [0.2, 0.25) is 0 Å². The van der Waals surface area contributed by atoms with E-state index >= 15 is 0 Å². The van der Waals surface area contributed by atoms with Gasteiger partial charge in [-0.2, -0.15) is 0 Å². The maximum Gasteiger partial charge on any atom is 0.255 e. The van der Waals surface area contributed by atoms with E-state index in [-0.39, 0.29) is 11.7 Å². The Kier molecular flexibility index (Phi) is 5.49. The zero-order chi connectivity index (χ0) is 18.5. The maximum absolute atomic E-state index is 12.8. The first-order valence-electron chi connectivity index (χ1n) is 7.93. The molecule has 3 rings (SSSR count). The number of methoxy groups -OCH3 is 1. The first kappa shape index (κ1) is 17.9. The average molecular weight is 410 g/mol. The summed E-state index contributed by atoms with van der Waals surface area (Å²) in [7, 11) is 1.57. The van der Waals surface area contributed by atoms with Gasteiger partial charge in [0.25, 0.3) is 5.91 Å². The Bertz CT molecular complexity index is 937. The third-order valence-electron chi connectivity index (χ3n) is 3.86. The molecule has 0 unspecified atom stereocenters. The Morgan fingerprint density at radius 3 is 2.23 bits per heavy atom. The molecule has 5 heteroatoms. The number of ether oxygens (including phenoxy) is 1. The Hall–Kier alpha value is -2.92. The summed E-state index contributed by atoms with van der Waals surface area (Å²) in [5, 5.41) is 2.83. The number of rotatable bonds is 5. The van der Waals surface area contributed by atoms with Crippen LogP contribution in [0.15, 0.2) is 77.3 Å². The van der Waals surface area contributed by atoms with Crippen molar-refractivity contribution in [1.82, 2.24) is 0 Å². The smallest absolute Gasteiger partial charge is 0.255 e. The highest BCUT2D eigenvalue weighted by Crippen LogP contribution is 2.25. The van der Waals surface area contributed by atoms with Gasteiger partial charge in [0.15, 0.2) is 5.78 Å². The fraction of sp³-hybridized carbons (Fsp3) is 0.0476. The molecule has 0 bridgehead atoms. The van der Waals surface area contributed by atoms with Crippen molar-refractivity contribution in [2.45, 2.75) is 0 Å². The van der Waals surface area contributed by atoms with E-state index in [1.165, 1.54) is 0 Å². The van der Waals surface area contributed by atoms with Crippen molar-refractivity contribution in [2.75, 3.05) is 12.4 Å². The monoisotopic (exact) mass is 409 g/mol. The molecule has 3 aromatic carbocycles. The third kappa shape index (κ3) is 4.00.